The SMILES string of the molecule is CC(C)CC(C)N(C)S(=O)(=O)c1ccc(C(=O)O)cc1Br. The van der Waals surface area contributed by atoms with Crippen molar-refractivity contribution in [3.63, 3.8) is 0 Å². The minimum atomic E-state index is -3.66. The van der Waals surface area contributed by atoms with E-state index in [0.717, 1.165) is 6.42 Å². The molecule has 0 aliphatic carbocycles. The van der Waals surface area contributed by atoms with Crippen LogP contribution in [0.15, 0.2) is 27.6 Å². The smallest absolute Gasteiger partial charge is 0.335 e. The molecule has 21 heavy (non-hydrogen) atoms. The molecule has 1 aromatic rings. The molecule has 0 aliphatic rings. The number of hydrogen-bond acceptors (Lipinski definition) is 3. The van der Waals surface area contributed by atoms with Gasteiger partial charge in [0.15, 0.2) is 0 Å². The van der Waals surface area contributed by atoms with Crippen LogP contribution in [-0.4, -0.2) is 36.9 Å². The molecule has 0 bridgehead atoms. The molecular formula is C14H20BrNO4S. The van der Waals surface area contributed by atoms with E-state index in [1.165, 1.54) is 22.5 Å². The van der Waals surface area contributed by atoms with Crippen molar-refractivity contribution in [2.75, 3.05) is 7.05 Å². The van der Waals surface area contributed by atoms with Gasteiger partial charge < -0.3 is 5.11 Å². The van der Waals surface area contributed by atoms with Gasteiger partial charge in [0.05, 0.1) is 10.5 Å². The van der Waals surface area contributed by atoms with Crippen molar-refractivity contribution in [3.8, 4) is 0 Å². The Morgan fingerprint density at radius 2 is 1.90 bits per heavy atom. The zero-order valence-electron chi connectivity index (χ0n) is 12.5. The average Bonchev–Trinajstić information content (AvgIpc) is 2.36. The van der Waals surface area contributed by atoms with Gasteiger partial charge in [-0.15, -0.1) is 0 Å². The molecule has 1 unspecified atom stereocenters. The first-order chi connectivity index (χ1) is 9.57. The number of carboxylic acid groups (broad SMARTS) is 1. The number of benzene rings is 1. The lowest BCUT2D eigenvalue weighted by Gasteiger charge is -2.26. The van der Waals surface area contributed by atoms with Gasteiger partial charge in [0, 0.05) is 17.6 Å². The van der Waals surface area contributed by atoms with Crippen molar-refractivity contribution in [3.05, 3.63) is 28.2 Å². The van der Waals surface area contributed by atoms with Gasteiger partial charge in [-0.2, -0.15) is 4.31 Å². The highest BCUT2D eigenvalue weighted by Crippen LogP contribution is 2.27. The van der Waals surface area contributed by atoms with E-state index in [2.05, 4.69) is 15.9 Å². The molecule has 0 spiro atoms. The molecule has 0 heterocycles. The second-order valence-electron chi connectivity index (χ2n) is 5.45. The summed E-state index contributed by atoms with van der Waals surface area (Å²) in [6, 6.07) is 3.78. The molecule has 0 aromatic heterocycles. The van der Waals surface area contributed by atoms with E-state index in [4.69, 9.17) is 5.11 Å². The molecule has 0 aliphatic heterocycles. The number of carboxylic acids is 1. The number of carbonyl (C=O) groups is 1. The lowest BCUT2D eigenvalue weighted by Crippen LogP contribution is -2.36. The number of nitrogens with zero attached hydrogens (tertiary/aromatic N) is 1. The minimum absolute atomic E-state index is 0.0405. The summed E-state index contributed by atoms with van der Waals surface area (Å²) in [5, 5.41) is 8.92. The lowest BCUT2D eigenvalue weighted by molar-refractivity contribution is 0.0696. The van der Waals surface area contributed by atoms with E-state index >= 15 is 0 Å². The number of hydrogen-bond donors (Lipinski definition) is 1. The minimum Gasteiger partial charge on any atom is -0.478 e. The van der Waals surface area contributed by atoms with E-state index in [1.54, 1.807) is 7.05 Å². The summed E-state index contributed by atoms with van der Waals surface area (Å²) in [6.07, 6.45) is 0.751. The van der Waals surface area contributed by atoms with Crippen molar-refractivity contribution < 1.29 is 18.3 Å². The Kier molecular flexibility index (Phi) is 5.95. The third-order valence-corrected chi connectivity index (χ3v) is 6.22. The fourth-order valence-electron chi connectivity index (χ4n) is 2.07. The van der Waals surface area contributed by atoms with Gasteiger partial charge in [-0.1, -0.05) is 13.8 Å². The molecule has 1 aromatic carbocycles. The van der Waals surface area contributed by atoms with Crippen LogP contribution in [0.5, 0.6) is 0 Å². The fraction of sp³-hybridized carbons (Fsp3) is 0.500. The molecule has 0 radical (unpaired) electrons. The molecular weight excluding hydrogens is 358 g/mol. The fourth-order valence-corrected chi connectivity index (χ4v) is 4.47. The molecule has 1 atom stereocenters. The topological polar surface area (TPSA) is 74.7 Å². The molecule has 5 nitrogen and oxygen atoms in total. The van der Waals surface area contributed by atoms with Gasteiger partial charge in [0.1, 0.15) is 0 Å². The van der Waals surface area contributed by atoms with Crippen LogP contribution in [0.3, 0.4) is 0 Å². The van der Waals surface area contributed by atoms with Crippen LogP contribution in [0.25, 0.3) is 0 Å². The number of halogens is 1. The summed E-state index contributed by atoms with van der Waals surface area (Å²) >= 11 is 3.15. The molecule has 0 saturated heterocycles. The van der Waals surface area contributed by atoms with Gasteiger partial charge in [-0.3, -0.25) is 0 Å². The molecule has 0 fully saturated rings. The Morgan fingerprint density at radius 1 is 1.33 bits per heavy atom. The van der Waals surface area contributed by atoms with Crippen molar-refractivity contribution in [2.24, 2.45) is 5.92 Å². The average molecular weight is 378 g/mol. The standard InChI is InChI=1S/C14H20BrNO4S/c1-9(2)7-10(3)16(4)21(19,20)13-6-5-11(14(17)18)8-12(13)15/h5-6,8-10H,7H2,1-4H3,(H,17,18). The monoisotopic (exact) mass is 377 g/mol. The Bertz CT molecular complexity index is 628. The molecule has 1 N–H and O–H groups in total. The van der Waals surface area contributed by atoms with E-state index in [0.29, 0.717) is 5.92 Å². The molecule has 118 valence electrons. The van der Waals surface area contributed by atoms with Crippen LogP contribution in [0, 0.1) is 5.92 Å². The van der Waals surface area contributed by atoms with Gasteiger partial charge in [-0.05, 0) is 53.4 Å². The number of sulfonamides is 1. The summed E-state index contributed by atoms with van der Waals surface area (Å²) in [7, 11) is -2.12. The predicted molar refractivity (Wildman–Crippen MR) is 85.0 cm³/mol. The second kappa shape index (κ2) is 6.89. The highest BCUT2D eigenvalue weighted by molar-refractivity contribution is 9.10. The van der Waals surface area contributed by atoms with Crippen LogP contribution < -0.4 is 0 Å². The van der Waals surface area contributed by atoms with Gasteiger partial charge >= 0.3 is 5.97 Å². The summed E-state index contributed by atoms with van der Waals surface area (Å²) in [6.45, 7) is 5.93. The third kappa shape index (κ3) is 4.28. The first-order valence-corrected chi connectivity index (χ1v) is 8.81. The Hall–Kier alpha value is -0.920. The summed E-state index contributed by atoms with van der Waals surface area (Å²) < 4.78 is 26.8. The maximum Gasteiger partial charge on any atom is 0.335 e. The second-order valence-corrected chi connectivity index (χ2v) is 8.27. The Balaban J connectivity index is 3.16. The van der Waals surface area contributed by atoms with Crippen LogP contribution >= 0.6 is 15.9 Å². The van der Waals surface area contributed by atoms with Gasteiger partial charge in [0.25, 0.3) is 0 Å². The number of rotatable bonds is 6. The van der Waals surface area contributed by atoms with Crippen molar-refractivity contribution in [1.82, 2.24) is 4.31 Å². The highest BCUT2D eigenvalue weighted by atomic mass is 79.9. The largest absolute Gasteiger partial charge is 0.478 e. The Morgan fingerprint density at radius 3 is 2.33 bits per heavy atom. The molecule has 0 saturated carbocycles. The van der Waals surface area contributed by atoms with E-state index < -0.39 is 16.0 Å². The number of aromatic carboxylic acids is 1. The van der Waals surface area contributed by atoms with Crippen LogP contribution in [-0.2, 0) is 10.0 Å². The maximum atomic E-state index is 12.6. The predicted octanol–water partition coefficient (Wildman–Crippen LogP) is 3.20. The van der Waals surface area contributed by atoms with Crippen molar-refractivity contribution in [2.45, 2.75) is 38.1 Å². The molecule has 1 rings (SSSR count). The highest BCUT2D eigenvalue weighted by Gasteiger charge is 2.28. The van der Waals surface area contributed by atoms with Gasteiger partial charge in [-0.25, -0.2) is 13.2 Å². The van der Waals surface area contributed by atoms with Crippen LogP contribution in [0.4, 0.5) is 0 Å². The van der Waals surface area contributed by atoms with Crippen molar-refractivity contribution >= 4 is 31.9 Å². The Labute approximate surface area is 134 Å². The van der Waals surface area contributed by atoms with Crippen molar-refractivity contribution in [1.29, 1.82) is 0 Å². The third-order valence-electron chi connectivity index (χ3n) is 3.27. The zero-order chi connectivity index (χ0) is 16.4. The normalized spacial score (nSPS) is 13.7. The van der Waals surface area contributed by atoms with Crippen LogP contribution in [0.2, 0.25) is 0 Å². The maximum absolute atomic E-state index is 12.6. The zero-order valence-corrected chi connectivity index (χ0v) is 14.9. The van der Waals surface area contributed by atoms with E-state index in [9.17, 15) is 13.2 Å². The van der Waals surface area contributed by atoms with Crippen LogP contribution in [0.1, 0.15) is 37.6 Å². The summed E-state index contributed by atoms with van der Waals surface area (Å²) in [4.78, 5) is 11.0. The van der Waals surface area contributed by atoms with E-state index in [1.807, 2.05) is 20.8 Å². The molecule has 7 heteroatoms. The first-order valence-electron chi connectivity index (χ1n) is 6.58. The van der Waals surface area contributed by atoms with E-state index in [-0.39, 0.29) is 21.0 Å². The quantitative estimate of drug-likeness (QED) is 0.825. The summed E-state index contributed by atoms with van der Waals surface area (Å²) in [5.41, 5.74) is 0.0405. The lowest BCUT2D eigenvalue weighted by atomic mass is 10.1. The molecule has 0 amide bonds. The summed E-state index contributed by atoms with van der Waals surface area (Å²) in [5.74, 6) is -0.711. The van der Waals surface area contributed by atoms with Gasteiger partial charge in [0.2, 0.25) is 10.0 Å². The first kappa shape index (κ1) is 18.1.